The predicted octanol–water partition coefficient (Wildman–Crippen LogP) is 5.31. The molecule has 2 aromatic carbocycles. The van der Waals surface area contributed by atoms with Crippen LogP contribution in [0.3, 0.4) is 0 Å². The highest BCUT2D eigenvalue weighted by atomic mass is 32.2. The molecule has 0 spiro atoms. The van der Waals surface area contributed by atoms with Gasteiger partial charge >= 0.3 is 5.97 Å². The van der Waals surface area contributed by atoms with Gasteiger partial charge in [-0.25, -0.2) is 0 Å². The van der Waals surface area contributed by atoms with Crippen molar-refractivity contribution in [2.75, 3.05) is 6.61 Å². The summed E-state index contributed by atoms with van der Waals surface area (Å²) in [6, 6.07) is 18.4. The SMILES string of the molecule is CCC1(COS(=O)(=O)c2ccc(C)cc2)CCC(C#N)(CC(=O)OCc2ccccc2)CC1. The molecule has 0 aromatic heterocycles. The van der Waals surface area contributed by atoms with E-state index < -0.39 is 15.5 Å². The molecule has 0 saturated heterocycles. The second-order valence-electron chi connectivity index (χ2n) is 9.10. The molecule has 2 aromatic rings. The molecule has 176 valence electrons. The van der Waals surface area contributed by atoms with Crippen molar-refractivity contribution in [3.63, 3.8) is 0 Å². The quantitative estimate of drug-likeness (QED) is 0.365. The van der Waals surface area contributed by atoms with Gasteiger partial charge in [0.25, 0.3) is 10.1 Å². The van der Waals surface area contributed by atoms with Gasteiger partial charge in [0.05, 0.1) is 29.4 Å². The Labute approximate surface area is 196 Å². The molecule has 0 heterocycles. The first kappa shape index (κ1) is 24.9. The minimum atomic E-state index is -3.85. The fourth-order valence-electron chi connectivity index (χ4n) is 4.23. The van der Waals surface area contributed by atoms with Crippen molar-refractivity contribution in [2.24, 2.45) is 10.8 Å². The normalized spacial score (nSPS) is 22.9. The van der Waals surface area contributed by atoms with Crippen LogP contribution in [0.5, 0.6) is 0 Å². The number of nitrogens with zero attached hydrogens (tertiary/aromatic N) is 1. The highest BCUT2D eigenvalue weighted by Crippen LogP contribution is 2.49. The van der Waals surface area contributed by atoms with Gasteiger partial charge in [-0.05, 0) is 62.1 Å². The molecule has 0 bridgehead atoms. The fraction of sp³-hybridized carbons (Fsp3) is 0.462. The van der Waals surface area contributed by atoms with Crippen molar-refractivity contribution >= 4 is 16.1 Å². The van der Waals surface area contributed by atoms with Crippen LogP contribution in [-0.2, 0) is 30.4 Å². The maximum Gasteiger partial charge on any atom is 0.307 e. The Morgan fingerprint density at radius 1 is 1.03 bits per heavy atom. The van der Waals surface area contributed by atoms with Crippen molar-refractivity contribution in [1.29, 1.82) is 5.26 Å². The zero-order valence-corrected chi connectivity index (χ0v) is 20.1. The van der Waals surface area contributed by atoms with Crippen LogP contribution in [0.4, 0.5) is 0 Å². The summed E-state index contributed by atoms with van der Waals surface area (Å²) in [7, 11) is -3.85. The summed E-state index contributed by atoms with van der Waals surface area (Å²) in [5.41, 5.74) is 0.743. The van der Waals surface area contributed by atoms with E-state index in [9.17, 15) is 18.5 Å². The van der Waals surface area contributed by atoms with E-state index >= 15 is 0 Å². The number of ether oxygens (including phenoxy) is 1. The maximum absolute atomic E-state index is 12.6. The molecular weight excluding hydrogens is 438 g/mol. The Morgan fingerprint density at radius 3 is 2.24 bits per heavy atom. The molecule has 1 fully saturated rings. The molecule has 1 saturated carbocycles. The number of aryl methyl sites for hydroxylation is 1. The lowest BCUT2D eigenvalue weighted by Crippen LogP contribution is -2.38. The molecule has 3 rings (SSSR count). The first-order chi connectivity index (χ1) is 15.7. The van der Waals surface area contributed by atoms with Crippen LogP contribution in [0, 0.1) is 29.1 Å². The molecule has 7 heteroatoms. The van der Waals surface area contributed by atoms with Gasteiger partial charge in [-0.1, -0.05) is 55.0 Å². The smallest absolute Gasteiger partial charge is 0.307 e. The largest absolute Gasteiger partial charge is 0.461 e. The highest BCUT2D eigenvalue weighted by Gasteiger charge is 2.44. The third kappa shape index (κ3) is 6.43. The van der Waals surface area contributed by atoms with Crippen LogP contribution in [0.1, 0.15) is 56.6 Å². The van der Waals surface area contributed by atoms with Crippen LogP contribution >= 0.6 is 0 Å². The third-order valence-corrected chi connectivity index (χ3v) is 8.09. The van der Waals surface area contributed by atoms with Gasteiger partial charge in [-0.3, -0.25) is 8.98 Å². The molecule has 0 N–H and O–H groups in total. The van der Waals surface area contributed by atoms with Gasteiger partial charge in [0.15, 0.2) is 0 Å². The summed E-state index contributed by atoms with van der Waals surface area (Å²) in [6.07, 6.45) is 3.02. The molecular formula is C26H31NO5S. The van der Waals surface area contributed by atoms with E-state index in [2.05, 4.69) is 6.07 Å². The number of rotatable bonds is 9. The Hall–Kier alpha value is -2.69. The van der Waals surface area contributed by atoms with Gasteiger partial charge in [-0.15, -0.1) is 0 Å². The second kappa shape index (κ2) is 10.5. The van der Waals surface area contributed by atoms with Crippen LogP contribution < -0.4 is 0 Å². The molecule has 0 radical (unpaired) electrons. The lowest BCUT2D eigenvalue weighted by Gasteiger charge is -2.42. The maximum atomic E-state index is 12.6. The van der Waals surface area contributed by atoms with E-state index in [1.54, 1.807) is 24.3 Å². The van der Waals surface area contributed by atoms with Gasteiger partial charge in [0.1, 0.15) is 6.61 Å². The molecule has 0 amide bonds. The highest BCUT2D eigenvalue weighted by molar-refractivity contribution is 7.86. The Morgan fingerprint density at radius 2 is 1.67 bits per heavy atom. The lowest BCUT2D eigenvalue weighted by molar-refractivity contribution is -0.147. The number of hydrogen-bond donors (Lipinski definition) is 0. The van der Waals surface area contributed by atoms with E-state index in [0.29, 0.717) is 25.7 Å². The van der Waals surface area contributed by atoms with Gasteiger partial charge < -0.3 is 4.74 Å². The van der Waals surface area contributed by atoms with Gasteiger partial charge in [0, 0.05) is 0 Å². The Bertz CT molecular complexity index is 1080. The summed E-state index contributed by atoms with van der Waals surface area (Å²) < 4.78 is 36.1. The van der Waals surface area contributed by atoms with Gasteiger partial charge in [-0.2, -0.15) is 13.7 Å². The van der Waals surface area contributed by atoms with E-state index in [1.165, 1.54) is 0 Å². The van der Waals surface area contributed by atoms with Gasteiger partial charge in [0.2, 0.25) is 0 Å². The summed E-state index contributed by atoms with van der Waals surface area (Å²) in [6.45, 7) is 4.16. The van der Waals surface area contributed by atoms with Crippen LogP contribution in [0.25, 0.3) is 0 Å². The molecule has 0 aliphatic heterocycles. The van der Waals surface area contributed by atoms with E-state index in [1.807, 2.05) is 44.2 Å². The number of benzene rings is 2. The van der Waals surface area contributed by atoms with Crippen molar-refractivity contribution < 1.29 is 22.1 Å². The summed E-state index contributed by atoms with van der Waals surface area (Å²) in [4.78, 5) is 12.6. The molecule has 33 heavy (non-hydrogen) atoms. The predicted molar refractivity (Wildman–Crippen MR) is 124 cm³/mol. The van der Waals surface area contributed by atoms with Crippen LogP contribution in [-0.4, -0.2) is 21.0 Å². The summed E-state index contributed by atoms with van der Waals surface area (Å²) >= 11 is 0. The van der Waals surface area contributed by atoms with Crippen molar-refractivity contribution in [3.8, 4) is 6.07 Å². The van der Waals surface area contributed by atoms with E-state index in [4.69, 9.17) is 8.92 Å². The summed E-state index contributed by atoms with van der Waals surface area (Å²) in [5.74, 6) is -0.386. The van der Waals surface area contributed by atoms with Crippen molar-refractivity contribution in [3.05, 3.63) is 65.7 Å². The molecule has 6 nitrogen and oxygen atoms in total. The van der Waals surface area contributed by atoms with Crippen molar-refractivity contribution in [1.82, 2.24) is 0 Å². The van der Waals surface area contributed by atoms with E-state index in [0.717, 1.165) is 17.5 Å². The average molecular weight is 470 g/mol. The summed E-state index contributed by atoms with van der Waals surface area (Å²) in [5, 5.41) is 9.86. The second-order valence-corrected chi connectivity index (χ2v) is 10.7. The molecule has 1 aliphatic carbocycles. The Kier molecular flexibility index (Phi) is 7.93. The monoisotopic (exact) mass is 469 g/mol. The number of carbonyl (C=O) groups is 1. The molecule has 1 aliphatic rings. The van der Waals surface area contributed by atoms with E-state index in [-0.39, 0.29) is 35.9 Å². The lowest BCUT2D eigenvalue weighted by atomic mass is 9.62. The first-order valence-electron chi connectivity index (χ1n) is 11.3. The standard InChI is InChI=1S/C26H31NO5S/c1-3-25(20-32-33(29,30)23-11-9-21(2)10-12-23)13-15-26(19-27,16-14-25)17-24(28)31-18-22-7-5-4-6-8-22/h4-12H,3,13-18,20H2,1-2H3. The molecule has 0 atom stereocenters. The Balaban J connectivity index is 1.58. The number of esters is 1. The minimum absolute atomic E-state index is 0.0403. The topological polar surface area (TPSA) is 93.5 Å². The first-order valence-corrected chi connectivity index (χ1v) is 12.7. The van der Waals surface area contributed by atoms with Crippen LogP contribution in [0.2, 0.25) is 0 Å². The number of nitriles is 1. The van der Waals surface area contributed by atoms with Crippen LogP contribution in [0.15, 0.2) is 59.5 Å². The third-order valence-electron chi connectivity index (χ3n) is 6.81. The molecule has 0 unspecified atom stereocenters. The number of hydrogen-bond acceptors (Lipinski definition) is 6. The zero-order chi connectivity index (χ0) is 24.0. The number of carbonyl (C=O) groups excluding carboxylic acids is 1. The van der Waals surface area contributed by atoms with Crippen molar-refractivity contribution in [2.45, 2.75) is 63.9 Å². The zero-order valence-electron chi connectivity index (χ0n) is 19.2. The minimum Gasteiger partial charge on any atom is -0.461 e. The average Bonchev–Trinajstić information content (AvgIpc) is 2.83. The fourth-order valence-corrected chi connectivity index (χ4v) is 5.24.